The number of hydrogen-bond acceptors (Lipinski definition) is 8. The van der Waals surface area contributed by atoms with Gasteiger partial charge in [-0.1, -0.05) is 18.6 Å². The molecule has 0 bridgehead atoms. The number of halogens is 1. The molecule has 2 heterocycles. The van der Waals surface area contributed by atoms with Gasteiger partial charge < -0.3 is 29.6 Å². The van der Waals surface area contributed by atoms with Crippen molar-refractivity contribution in [2.75, 3.05) is 45.5 Å². The molecule has 0 atom stereocenters. The quantitative estimate of drug-likeness (QED) is 0.114. The lowest BCUT2D eigenvalue weighted by atomic mass is 10.1. The molecule has 1 saturated heterocycles. The Hall–Kier alpha value is -4.90. The molecule has 230 valence electrons. The Morgan fingerprint density at radius 1 is 1.00 bits per heavy atom. The Bertz CT molecular complexity index is 1630. The minimum absolute atomic E-state index is 0.0561. The first-order valence-electron chi connectivity index (χ1n) is 14.5. The number of nitrogens with zero attached hydrogens (tertiary/aromatic N) is 4. The van der Waals surface area contributed by atoms with E-state index in [1.165, 1.54) is 37.6 Å². The van der Waals surface area contributed by atoms with Gasteiger partial charge in [-0.15, -0.1) is 0 Å². The third-order valence-electron chi connectivity index (χ3n) is 7.32. The molecule has 3 aromatic carbocycles. The van der Waals surface area contributed by atoms with E-state index >= 15 is 4.39 Å². The Labute approximate surface area is 255 Å². The summed E-state index contributed by atoms with van der Waals surface area (Å²) in [4.78, 5) is 19.1. The fraction of sp³-hybridized carbons (Fsp3) is 0.303. The van der Waals surface area contributed by atoms with E-state index in [4.69, 9.17) is 24.7 Å². The molecule has 1 aromatic heterocycles. The molecule has 4 aromatic rings. The number of pyridine rings is 1. The number of aromatic nitrogens is 1. The van der Waals surface area contributed by atoms with Crippen LogP contribution in [0.3, 0.4) is 0 Å². The Morgan fingerprint density at radius 3 is 2.59 bits per heavy atom. The van der Waals surface area contributed by atoms with Gasteiger partial charge in [-0.2, -0.15) is 10.1 Å². The number of amides is 2. The summed E-state index contributed by atoms with van der Waals surface area (Å²) in [5, 5.41) is 5.66. The maximum absolute atomic E-state index is 15.3. The van der Waals surface area contributed by atoms with E-state index in [0.717, 1.165) is 37.1 Å². The van der Waals surface area contributed by atoms with Gasteiger partial charge in [0.25, 0.3) is 0 Å². The van der Waals surface area contributed by atoms with Gasteiger partial charge in [-0.05, 0) is 74.3 Å². The molecule has 2 amide bonds. The number of fused-ring (bicyclic) bond motifs is 1. The zero-order valence-corrected chi connectivity index (χ0v) is 24.9. The summed E-state index contributed by atoms with van der Waals surface area (Å²) in [5.74, 6) is 1.34. The van der Waals surface area contributed by atoms with Crippen molar-refractivity contribution in [1.29, 1.82) is 0 Å². The molecule has 0 unspecified atom stereocenters. The van der Waals surface area contributed by atoms with Crippen LogP contribution in [0.2, 0.25) is 0 Å². The summed E-state index contributed by atoms with van der Waals surface area (Å²) >= 11 is 0. The van der Waals surface area contributed by atoms with Crippen molar-refractivity contribution < 1.29 is 28.1 Å². The lowest BCUT2D eigenvalue weighted by Gasteiger charge is -2.26. The first-order valence-corrected chi connectivity index (χ1v) is 14.5. The molecule has 11 heteroatoms. The van der Waals surface area contributed by atoms with Crippen molar-refractivity contribution in [3.63, 3.8) is 0 Å². The van der Waals surface area contributed by atoms with Gasteiger partial charge in [0.1, 0.15) is 11.5 Å². The number of hydrogen-bond donors (Lipinski definition) is 1. The van der Waals surface area contributed by atoms with Crippen LogP contribution in [0, 0.1) is 5.82 Å². The summed E-state index contributed by atoms with van der Waals surface area (Å²) < 4.78 is 38.1. The number of carbonyl (C=O) groups is 1. The van der Waals surface area contributed by atoms with Crippen LogP contribution in [0.5, 0.6) is 28.7 Å². The van der Waals surface area contributed by atoms with Gasteiger partial charge in [0.2, 0.25) is 0 Å². The van der Waals surface area contributed by atoms with Crippen LogP contribution < -0.4 is 29.7 Å². The molecule has 1 aliphatic rings. The monoisotopic (exact) mass is 601 g/mol. The lowest BCUT2D eigenvalue weighted by Crippen LogP contribution is -2.31. The van der Waals surface area contributed by atoms with Gasteiger partial charge in [0, 0.05) is 30.3 Å². The number of carbonyl (C=O) groups excluding carboxylic acids is 1. The van der Waals surface area contributed by atoms with E-state index in [0.29, 0.717) is 46.1 Å². The minimum atomic E-state index is -0.881. The SMILES string of the molecule is COc1cccc(C=NN(C(N)=O)c2ccc(Oc3ccnc4cc(OCCCN5CCCCC5)c(OC)cc34)c(F)c2)c1. The Morgan fingerprint density at radius 2 is 1.84 bits per heavy atom. The molecule has 0 spiro atoms. The number of hydrazone groups is 1. The van der Waals surface area contributed by atoms with Crippen LogP contribution in [-0.4, -0.2) is 62.6 Å². The lowest BCUT2D eigenvalue weighted by molar-refractivity contribution is 0.203. The van der Waals surface area contributed by atoms with Crippen molar-refractivity contribution in [1.82, 2.24) is 9.88 Å². The molecule has 0 aliphatic carbocycles. The normalized spacial score (nSPS) is 13.6. The van der Waals surface area contributed by atoms with Gasteiger partial charge in [-0.3, -0.25) is 4.98 Å². The zero-order valence-electron chi connectivity index (χ0n) is 24.9. The summed E-state index contributed by atoms with van der Waals surface area (Å²) in [5.41, 5.74) is 6.95. The largest absolute Gasteiger partial charge is 0.497 e. The summed E-state index contributed by atoms with van der Waals surface area (Å²) in [6, 6.07) is 15.4. The maximum atomic E-state index is 15.3. The van der Waals surface area contributed by atoms with Crippen LogP contribution in [0.25, 0.3) is 10.9 Å². The van der Waals surface area contributed by atoms with Gasteiger partial charge >= 0.3 is 6.03 Å². The van der Waals surface area contributed by atoms with Crippen molar-refractivity contribution in [3.05, 3.63) is 78.2 Å². The molecule has 0 radical (unpaired) electrons. The van der Waals surface area contributed by atoms with Crippen molar-refractivity contribution >= 4 is 28.8 Å². The van der Waals surface area contributed by atoms with Crippen molar-refractivity contribution in [3.8, 4) is 28.7 Å². The summed E-state index contributed by atoms with van der Waals surface area (Å²) in [6.45, 7) is 3.86. The fourth-order valence-corrected chi connectivity index (χ4v) is 5.06. The predicted octanol–water partition coefficient (Wildman–Crippen LogP) is 6.36. The molecular weight excluding hydrogens is 565 g/mol. The molecular formula is C33H36FN5O5. The number of ether oxygens (including phenoxy) is 4. The second-order valence-corrected chi connectivity index (χ2v) is 10.3. The van der Waals surface area contributed by atoms with Crippen molar-refractivity contribution in [2.24, 2.45) is 10.8 Å². The number of benzene rings is 3. The van der Waals surface area contributed by atoms with Crippen LogP contribution in [-0.2, 0) is 0 Å². The molecule has 0 saturated carbocycles. The van der Waals surface area contributed by atoms with Crippen molar-refractivity contribution in [2.45, 2.75) is 25.7 Å². The smallest absolute Gasteiger partial charge is 0.340 e. The molecule has 1 fully saturated rings. The number of methoxy groups -OCH3 is 2. The molecule has 1 aliphatic heterocycles. The Kier molecular flexibility index (Phi) is 10.1. The van der Waals surface area contributed by atoms with Gasteiger partial charge in [0.15, 0.2) is 23.1 Å². The Balaban J connectivity index is 1.31. The molecule has 10 nitrogen and oxygen atoms in total. The molecule has 5 rings (SSSR count). The van der Waals surface area contributed by atoms with Gasteiger partial charge in [0.05, 0.1) is 38.2 Å². The van der Waals surface area contributed by atoms with E-state index < -0.39 is 11.8 Å². The van der Waals surface area contributed by atoms with E-state index in [2.05, 4.69) is 15.0 Å². The van der Waals surface area contributed by atoms with E-state index in [-0.39, 0.29) is 11.4 Å². The van der Waals surface area contributed by atoms with Crippen LogP contribution in [0.15, 0.2) is 72.0 Å². The average molecular weight is 602 g/mol. The zero-order chi connectivity index (χ0) is 30.9. The van der Waals surface area contributed by atoms with E-state index in [1.807, 2.05) is 0 Å². The number of rotatable bonds is 12. The minimum Gasteiger partial charge on any atom is -0.497 e. The highest BCUT2D eigenvalue weighted by molar-refractivity contribution is 5.93. The average Bonchev–Trinajstić information content (AvgIpc) is 3.04. The number of nitrogens with two attached hydrogens (primary N) is 1. The predicted molar refractivity (Wildman–Crippen MR) is 168 cm³/mol. The topological polar surface area (TPSA) is 112 Å². The number of piperidine rings is 1. The van der Waals surface area contributed by atoms with Crippen LogP contribution in [0.4, 0.5) is 14.9 Å². The molecule has 2 N–H and O–H groups in total. The second kappa shape index (κ2) is 14.5. The van der Waals surface area contributed by atoms with E-state index in [9.17, 15) is 4.79 Å². The highest BCUT2D eigenvalue weighted by Gasteiger charge is 2.17. The maximum Gasteiger partial charge on any atom is 0.340 e. The second-order valence-electron chi connectivity index (χ2n) is 10.3. The number of anilines is 1. The highest BCUT2D eigenvalue weighted by atomic mass is 19.1. The fourth-order valence-electron chi connectivity index (χ4n) is 5.06. The molecule has 44 heavy (non-hydrogen) atoms. The number of likely N-dealkylation sites (tertiary alicyclic amines) is 1. The third kappa shape index (κ3) is 7.54. The standard InChI is InChI=1S/C33H36FN5O5/c1-41-25-9-6-8-23(18-25)22-37-39(33(35)40)24-10-11-30(27(34)19-24)44-29-12-13-36-28-21-32(31(42-2)20-26(28)29)43-17-7-16-38-14-4-3-5-15-38/h6,8-13,18-22H,3-5,7,14-17H2,1-2H3,(H2,35,40). The van der Waals surface area contributed by atoms with Crippen LogP contribution >= 0.6 is 0 Å². The van der Waals surface area contributed by atoms with E-state index in [1.54, 1.807) is 62.9 Å². The first-order chi connectivity index (χ1) is 21.4. The summed E-state index contributed by atoms with van der Waals surface area (Å²) in [6.07, 6.45) is 7.75. The van der Waals surface area contributed by atoms with Crippen LogP contribution in [0.1, 0.15) is 31.2 Å². The summed E-state index contributed by atoms with van der Waals surface area (Å²) in [7, 11) is 3.12. The number of urea groups is 1. The third-order valence-corrected chi connectivity index (χ3v) is 7.32. The highest BCUT2D eigenvalue weighted by Crippen LogP contribution is 2.38. The first kappa shape index (κ1) is 30.6. The van der Waals surface area contributed by atoms with Gasteiger partial charge in [-0.25, -0.2) is 9.18 Å². The number of primary amides is 1.